The quantitative estimate of drug-likeness (QED) is 0.375. The summed E-state index contributed by atoms with van der Waals surface area (Å²) in [7, 11) is 0. The second-order valence-corrected chi connectivity index (χ2v) is 7.35. The van der Waals surface area contributed by atoms with Crippen LogP contribution in [0.2, 0.25) is 0 Å². The van der Waals surface area contributed by atoms with E-state index in [1.807, 2.05) is 0 Å². The fourth-order valence-electron chi connectivity index (χ4n) is 3.47. The summed E-state index contributed by atoms with van der Waals surface area (Å²) in [6, 6.07) is 0.626. The summed E-state index contributed by atoms with van der Waals surface area (Å²) in [5.41, 5.74) is 0. The summed E-state index contributed by atoms with van der Waals surface area (Å²) >= 11 is 0. The lowest BCUT2D eigenvalue weighted by atomic mass is 9.95. The molecule has 2 aliphatic rings. The van der Waals surface area contributed by atoms with E-state index in [4.69, 9.17) is 14.9 Å². The van der Waals surface area contributed by atoms with Crippen LogP contribution in [0.15, 0.2) is 12.2 Å². The van der Waals surface area contributed by atoms with Crippen molar-refractivity contribution in [1.82, 2.24) is 5.32 Å². The fraction of sp³-hybridized carbons (Fsp3) is 0.800. The molecule has 0 aromatic rings. The molecule has 1 unspecified atom stereocenters. The second-order valence-electron chi connectivity index (χ2n) is 7.35. The molecule has 0 aromatic carbocycles. The Kier molecular flexibility index (Phi) is 12.8. The minimum atomic E-state index is -1.26. The Labute approximate surface area is 161 Å². The zero-order valence-electron chi connectivity index (χ0n) is 16.1. The Bertz CT molecular complexity index is 424. The first kappa shape index (κ1) is 23.6. The van der Waals surface area contributed by atoms with Gasteiger partial charge in [-0.1, -0.05) is 44.9 Å². The van der Waals surface area contributed by atoms with E-state index in [0.717, 1.165) is 0 Å². The number of aliphatic hydroxyl groups excluding tert-OH is 1. The summed E-state index contributed by atoms with van der Waals surface area (Å²) in [6.07, 6.45) is 15.4. The Balaban J connectivity index is 0.000000387. The summed E-state index contributed by atoms with van der Waals surface area (Å²) < 4.78 is 5.87. The van der Waals surface area contributed by atoms with Crippen LogP contribution in [0.1, 0.15) is 70.6 Å². The number of hydrogen-bond donors (Lipinski definition) is 4. The van der Waals surface area contributed by atoms with E-state index >= 15 is 0 Å². The van der Waals surface area contributed by atoms with Crippen LogP contribution in [-0.2, 0) is 14.3 Å². The number of ether oxygens (including phenoxy) is 1. The molecule has 0 bridgehead atoms. The van der Waals surface area contributed by atoms with E-state index in [2.05, 4.69) is 5.32 Å². The largest absolute Gasteiger partial charge is 0.478 e. The highest BCUT2D eigenvalue weighted by molar-refractivity contribution is 5.89. The number of carboxylic acid groups (broad SMARTS) is 2. The predicted octanol–water partition coefficient (Wildman–Crippen LogP) is 2.72. The molecule has 0 aromatic heterocycles. The lowest BCUT2D eigenvalue weighted by Gasteiger charge is -2.25. The molecule has 2 rings (SSSR count). The van der Waals surface area contributed by atoms with E-state index < -0.39 is 11.9 Å². The van der Waals surface area contributed by atoms with Gasteiger partial charge >= 0.3 is 11.9 Å². The minimum Gasteiger partial charge on any atom is -0.478 e. The highest BCUT2D eigenvalue weighted by Gasteiger charge is 2.17. The van der Waals surface area contributed by atoms with Crippen molar-refractivity contribution in [3.63, 3.8) is 0 Å². The van der Waals surface area contributed by atoms with Crippen LogP contribution in [0.25, 0.3) is 0 Å². The first-order valence-corrected chi connectivity index (χ1v) is 10.1. The number of aliphatic hydroxyl groups is 1. The Morgan fingerprint density at radius 3 is 1.89 bits per heavy atom. The van der Waals surface area contributed by atoms with E-state index in [1.165, 1.54) is 70.6 Å². The van der Waals surface area contributed by atoms with E-state index in [1.54, 1.807) is 0 Å². The van der Waals surface area contributed by atoms with Gasteiger partial charge < -0.3 is 25.4 Å². The van der Waals surface area contributed by atoms with Crippen molar-refractivity contribution in [2.45, 2.75) is 88.9 Å². The molecule has 0 heterocycles. The van der Waals surface area contributed by atoms with E-state index in [9.17, 15) is 14.7 Å². The Morgan fingerprint density at radius 1 is 0.889 bits per heavy atom. The van der Waals surface area contributed by atoms with Crippen molar-refractivity contribution >= 4 is 11.9 Å². The van der Waals surface area contributed by atoms with E-state index in [-0.39, 0.29) is 6.10 Å². The zero-order chi connectivity index (χ0) is 19.9. The van der Waals surface area contributed by atoms with Crippen LogP contribution in [-0.4, -0.2) is 58.7 Å². The Morgan fingerprint density at radius 2 is 1.37 bits per heavy atom. The number of carbonyl (C=O) groups is 2. The van der Waals surface area contributed by atoms with Crippen LogP contribution in [0.5, 0.6) is 0 Å². The average molecular weight is 386 g/mol. The molecule has 2 fully saturated rings. The van der Waals surface area contributed by atoms with Gasteiger partial charge in [-0.2, -0.15) is 0 Å². The van der Waals surface area contributed by atoms with Crippen LogP contribution in [0.4, 0.5) is 0 Å². The smallest absolute Gasteiger partial charge is 0.328 e. The van der Waals surface area contributed by atoms with Gasteiger partial charge in [0.05, 0.1) is 18.8 Å². The fourth-order valence-corrected chi connectivity index (χ4v) is 3.47. The first-order chi connectivity index (χ1) is 13.0. The van der Waals surface area contributed by atoms with Crippen LogP contribution >= 0.6 is 0 Å². The summed E-state index contributed by atoms with van der Waals surface area (Å²) in [4.78, 5) is 19.1. The lowest BCUT2D eigenvalue weighted by Crippen LogP contribution is -2.39. The summed E-state index contributed by atoms with van der Waals surface area (Å²) in [5.74, 6) is -2.51. The summed E-state index contributed by atoms with van der Waals surface area (Å²) in [6.45, 7) is 1.20. The number of hydrogen-bond acceptors (Lipinski definition) is 5. The van der Waals surface area contributed by atoms with Crippen molar-refractivity contribution in [1.29, 1.82) is 0 Å². The molecule has 0 saturated heterocycles. The number of aliphatic carboxylic acids is 2. The monoisotopic (exact) mass is 385 g/mol. The van der Waals surface area contributed by atoms with Gasteiger partial charge in [0.15, 0.2) is 0 Å². The molecule has 0 spiro atoms. The molecule has 27 heavy (non-hydrogen) atoms. The third-order valence-electron chi connectivity index (χ3n) is 4.94. The van der Waals surface area contributed by atoms with Gasteiger partial charge in [0.1, 0.15) is 0 Å². The van der Waals surface area contributed by atoms with Gasteiger partial charge in [0.25, 0.3) is 0 Å². The normalized spacial score (nSPS) is 20.5. The van der Waals surface area contributed by atoms with Crippen LogP contribution in [0.3, 0.4) is 0 Å². The maximum Gasteiger partial charge on any atom is 0.328 e. The maximum atomic E-state index is 9.99. The molecule has 2 aliphatic carbocycles. The van der Waals surface area contributed by atoms with Gasteiger partial charge in [0, 0.05) is 24.7 Å². The Hall–Kier alpha value is -1.44. The van der Waals surface area contributed by atoms with Crippen molar-refractivity contribution < 1.29 is 29.6 Å². The maximum absolute atomic E-state index is 9.99. The number of rotatable bonds is 8. The molecule has 1 atom stereocenters. The van der Waals surface area contributed by atoms with Gasteiger partial charge in [-0.25, -0.2) is 9.59 Å². The van der Waals surface area contributed by atoms with Gasteiger partial charge in [0.2, 0.25) is 0 Å². The van der Waals surface area contributed by atoms with Crippen LogP contribution in [0, 0.1) is 0 Å². The molecule has 7 heteroatoms. The molecule has 7 nitrogen and oxygen atoms in total. The van der Waals surface area contributed by atoms with Gasteiger partial charge in [-0.3, -0.25) is 0 Å². The third kappa shape index (κ3) is 13.4. The lowest BCUT2D eigenvalue weighted by molar-refractivity contribution is -0.134. The molecule has 156 valence electrons. The molecule has 0 amide bonds. The molecule has 0 aliphatic heterocycles. The first-order valence-electron chi connectivity index (χ1n) is 10.1. The van der Waals surface area contributed by atoms with E-state index in [0.29, 0.717) is 37.4 Å². The number of carboxylic acids is 2. The SMILES string of the molecule is O=C(O)/C=C\C(=O)O.OC(CNC1CCCCC1)COC1CCCCCC1. The standard InChI is InChI=1S/C16H31NO2.C4H4O4/c18-15(12-17-14-8-4-3-5-9-14)13-19-16-10-6-1-2-7-11-16;5-3(6)1-2-4(7)8/h14-18H,1-13H2;1-2H,(H,5,6)(H,7,8)/b;2-1-. The third-order valence-corrected chi connectivity index (χ3v) is 4.94. The summed E-state index contributed by atoms with van der Waals surface area (Å²) in [5, 5.41) is 29.1. The van der Waals surface area contributed by atoms with Gasteiger partial charge in [-0.05, 0) is 25.7 Å². The van der Waals surface area contributed by atoms with Crippen molar-refractivity contribution in [2.75, 3.05) is 13.2 Å². The number of nitrogens with one attached hydrogen (secondary N) is 1. The van der Waals surface area contributed by atoms with Crippen LogP contribution < -0.4 is 5.32 Å². The van der Waals surface area contributed by atoms with Crippen molar-refractivity contribution in [3.8, 4) is 0 Å². The van der Waals surface area contributed by atoms with Crippen molar-refractivity contribution in [3.05, 3.63) is 12.2 Å². The highest BCUT2D eigenvalue weighted by atomic mass is 16.5. The molecular formula is C20H35NO6. The topological polar surface area (TPSA) is 116 Å². The molecule has 0 radical (unpaired) electrons. The average Bonchev–Trinajstić information content (AvgIpc) is 2.93. The minimum absolute atomic E-state index is 0.342. The van der Waals surface area contributed by atoms with Crippen molar-refractivity contribution in [2.24, 2.45) is 0 Å². The molecular weight excluding hydrogens is 350 g/mol. The van der Waals surface area contributed by atoms with Gasteiger partial charge in [-0.15, -0.1) is 0 Å². The molecule has 4 N–H and O–H groups in total. The predicted molar refractivity (Wildman–Crippen MR) is 103 cm³/mol. The second kappa shape index (κ2) is 14.6. The highest BCUT2D eigenvalue weighted by Crippen LogP contribution is 2.20. The molecule has 2 saturated carbocycles. The zero-order valence-corrected chi connectivity index (χ0v) is 16.1.